The average Bonchev–Trinajstić information content (AvgIpc) is 2.41. The van der Waals surface area contributed by atoms with Crippen molar-refractivity contribution >= 4 is 5.78 Å². The third-order valence-electron chi connectivity index (χ3n) is 2.94. The number of fused-ring (bicyclic) bond motifs is 1. The van der Waals surface area contributed by atoms with Gasteiger partial charge in [0.25, 0.3) is 0 Å². The molecule has 0 saturated carbocycles. The Morgan fingerprint density at radius 3 is 2.56 bits per heavy atom. The topological polar surface area (TPSA) is 26.3 Å². The number of halogens is 2. The van der Waals surface area contributed by atoms with Crippen molar-refractivity contribution in [2.45, 2.75) is 20.3 Å². The van der Waals surface area contributed by atoms with E-state index in [9.17, 15) is 13.6 Å². The Labute approximate surface area is 92.2 Å². The lowest BCUT2D eigenvalue weighted by Gasteiger charge is -2.13. The van der Waals surface area contributed by atoms with Crippen molar-refractivity contribution in [3.63, 3.8) is 0 Å². The van der Waals surface area contributed by atoms with Gasteiger partial charge in [-0.15, -0.1) is 0 Å². The van der Waals surface area contributed by atoms with Gasteiger partial charge in [-0.25, -0.2) is 4.39 Å². The highest BCUT2D eigenvalue weighted by Crippen LogP contribution is 2.42. The lowest BCUT2D eigenvalue weighted by Crippen LogP contribution is -2.19. The van der Waals surface area contributed by atoms with E-state index in [1.165, 1.54) is 7.11 Å². The molecule has 1 aromatic rings. The largest absolute Gasteiger partial charge is 0.493 e. The maximum Gasteiger partial charge on any atom is 0.201 e. The first-order valence-electron chi connectivity index (χ1n) is 4.98. The van der Waals surface area contributed by atoms with Crippen LogP contribution in [0.15, 0.2) is 6.07 Å². The smallest absolute Gasteiger partial charge is 0.201 e. The predicted octanol–water partition coefficient (Wildman–Crippen LogP) is 2.74. The molecule has 0 radical (unpaired) electrons. The molecule has 0 unspecified atom stereocenters. The summed E-state index contributed by atoms with van der Waals surface area (Å²) < 4.78 is 31.5. The highest BCUT2D eigenvalue weighted by atomic mass is 19.2. The van der Waals surface area contributed by atoms with Crippen LogP contribution in [0, 0.1) is 17.0 Å². The minimum atomic E-state index is -1.09. The summed E-state index contributed by atoms with van der Waals surface area (Å²) >= 11 is 0. The van der Waals surface area contributed by atoms with Crippen LogP contribution in [0.1, 0.15) is 29.8 Å². The molecule has 1 aliphatic rings. The Balaban J connectivity index is 2.72. The summed E-state index contributed by atoms with van der Waals surface area (Å²) in [5, 5.41) is 0. The van der Waals surface area contributed by atoms with Crippen molar-refractivity contribution in [3.8, 4) is 5.75 Å². The van der Waals surface area contributed by atoms with Crippen LogP contribution in [0.2, 0.25) is 0 Å². The molecule has 0 atom stereocenters. The summed E-state index contributed by atoms with van der Waals surface area (Å²) in [6, 6.07) is 1.08. The highest BCUT2D eigenvalue weighted by Gasteiger charge is 2.41. The van der Waals surface area contributed by atoms with Gasteiger partial charge in [-0.1, -0.05) is 13.8 Å². The van der Waals surface area contributed by atoms with Gasteiger partial charge < -0.3 is 4.74 Å². The average molecular weight is 226 g/mol. The molecule has 0 aromatic heterocycles. The van der Waals surface area contributed by atoms with E-state index >= 15 is 0 Å². The summed E-state index contributed by atoms with van der Waals surface area (Å²) in [6.45, 7) is 3.51. The maximum atomic E-state index is 13.4. The van der Waals surface area contributed by atoms with Crippen molar-refractivity contribution < 1.29 is 18.3 Å². The molecule has 0 bridgehead atoms. The predicted molar refractivity (Wildman–Crippen MR) is 54.7 cm³/mol. The molecule has 86 valence electrons. The number of benzene rings is 1. The zero-order valence-electron chi connectivity index (χ0n) is 9.36. The number of methoxy groups -OCH3 is 1. The number of Topliss-reactive ketones (excluding diaryl/α,β-unsaturated/α-hetero) is 1. The van der Waals surface area contributed by atoms with Crippen molar-refractivity contribution in [1.29, 1.82) is 0 Å². The van der Waals surface area contributed by atoms with Gasteiger partial charge in [0.2, 0.25) is 5.82 Å². The van der Waals surface area contributed by atoms with Gasteiger partial charge in [-0.3, -0.25) is 4.79 Å². The second kappa shape index (κ2) is 3.27. The van der Waals surface area contributed by atoms with E-state index < -0.39 is 17.0 Å². The number of hydrogen-bond donors (Lipinski definition) is 0. The zero-order valence-corrected chi connectivity index (χ0v) is 9.36. The molecule has 0 aliphatic heterocycles. The Morgan fingerprint density at radius 1 is 1.38 bits per heavy atom. The standard InChI is InChI=1S/C12H12F2O2/c1-12(2)5-6-4-7(13)9(14)10(16-3)8(6)11(12)15/h4H,5H2,1-3H3. The third-order valence-corrected chi connectivity index (χ3v) is 2.94. The van der Waals surface area contributed by atoms with Gasteiger partial charge in [-0.2, -0.15) is 4.39 Å². The fraction of sp³-hybridized carbons (Fsp3) is 0.417. The van der Waals surface area contributed by atoms with E-state index in [2.05, 4.69) is 0 Å². The lowest BCUT2D eigenvalue weighted by atomic mass is 9.89. The van der Waals surface area contributed by atoms with Crippen molar-refractivity contribution in [1.82, 2.24) is 0 Å². The van der Waals surface area contributed by atoms with E-state index in [4.69, 9.17) is 4.74 Å². The van der Waals surface area contributed by atoms with E-state index in [0.717, 1.165) is 6.07 Å². The Morgan fingerprint density at radius 2 is 2.00 bits per heavy atom. The molecule has 0 saturated heterocycles. The molecule has 1 aromatic carbocycles. The molecule has 4 heteroatoms. The number of hydrogen-bond acceptors (Lipinski definition) is 2. The number of ketones is 1. The van der Waals surface area contributed by atoms with Crippen LogP contribution in [0.25, 0.3) is 0 Å². The minimum Gasteiger partial charge on any atom is -0.493 e. The molecular weight excluding hydrogens is 214 g/mol. The van der Waals surface area contributed by atoms with Crippen LogP contribution >= 0.6 is 0 Å². The van der Waals surface area contributed by atoms with Crippen molar-refractivity contribution in [2.75, 3.05) is 7.11 Å². The zero-order chi connectivity index (χ0) is 12.1. The van der Waals surface area contributed by atoms with Crippen LogP contribution in [0.4, 0.5) is 8.78 Å². The van der Waals surface area contributed by atoms with E-state index in [0.29, 0.717) is 12.0 Å². The van der Waals surface area contributed by atoms with Gasteiger partial charge in [0.1, 0.15) is 0 Å². The molecule has 0 fully saturated rings. The molecule has 0 amide bonds. The van der Waals surface area contributed by atoms with Crippen molar-refractivity contribution in [3.05, 3.63) is 28.8 Å². The molecule has 0 N–H and O–H groups in total. The van der Waals surface area contributed by atoms with Crippen LogP contribution in [0.5, 0.6) is 5.75 Å². The summed E-state index contributed by atoms with van der Waals surface area (Å²) in [4.78, 5) is 12.0. The fourth-order valence-electron chi connectivity index (χ4n) is 2.13. The van der Waals surface area contributed by atoms with Crippen LogP contribution in [-0.4, -0.2) is 12.9 Å². The highest BCUT2D eigenvalue weighted by molar-refractivity contribution is 6.06. The Bertz CT molecular complexity index is 478. The molecule has 16 heavy (non-hydrogen) atoms. The monoisotopic (exact) mass is 226 g/mol. The first-order valence-corrected chi connectivity index (χ1v) is 4.98. The summed E-state index contributed by atoms with van der Waals surface area (Å²) in [7, 11) is 1.23. The molecular formula is C12H12F2O2. The number of rotatable bonds is 1. The van der Waals surface area contributed by atoms with Gasteiger partial charge in [-0.05, 0) is 18.1 Å². The summed E-state index contributed by atoms with van der Waals surface area (Å²) in [5.41, 5.74) is 0.0905. The summed E-state index contributed by atoms with van der Waals surface area (Å²) in [6.07, 6.45) is 0.411. The SMILES string of the molecule is COc1c(F)c(F)cc2c1C(=O)C(C)(C)C2. The molecule has 2 nitrogen and oxygen atoms in total. The number of carbonyl (C=O) groups excluding carboxylic acids is 1. The normalized spacial score (nSPS) is 17.4. The fourth-order valence-corrected chi connectivity index (χ4v) is 2.13. The van der Waals surface area contributed by atoms with E-state index in [1.54, 1.807) is 13.8 Å². The maximum absolute atomic E-state index is 13.4. The van der Waals surface area contributed by atoms with Crippen LogP contribution in [0.3, 0.4) is 0 Å². The van der Waals surface area contributed by atoms with Gasteiger partial charge in [0, 0.05) is 5.41 Å². The van der Waals surface area contributed by atoms with E-state index in [1.807, 2.05) is 0 Å². The second-order valence-electron chi connectivity index (χ2n) is 4.63. The first-order chi connectivity index (χ1) is 7.38. The first kappa shape index (κ1) is 11.0. The van der Waals surface area contributed by atoms with Gasteiger partial charge >= 0.3 is 0 Å². The molecule has 0 spiro atoms. The Hall–Kier alpha value is -1.45. The minimum absolute atomic E-state index is 0.186. The van der Waals surface area contributed by atoms with Gasteiger partial charge in [0.05, 0.1) is 12.7 Å². The molecule has 2 rings (SSSR count). The molecule has 0 heterocycles. The van der Waals surface area contributed by atoms with Crippen molar-refractivity contribution in [2.24, 2.45) is 5.41 Å². The molecule has 1 aliphatic carbocycles. The lowest BCUT2D eigenvalue weighted by molar-refractivity contribution is 0.0860. The number of carbonyl (C=O) groups is 1. The van der Waals surface area contributed by atoms with Crippen LogP contribution in [-0.2, 0) is 6.42 Å². The van der Waals surface area contributed by atoms with E-state index in [-0.39, 0.29) is 17.1 Å². The summed E-state index contributed by atoms with van der Waals surface area (Å²) in [5.74, 6) is -2.53. The third kappa shape index (κ3) is 1.32. The van der Waals surface area contributed by atoms with Crippen LogP contribution < -0.4 is 4.74 Å². The number of ether oxygens (including phenoxy) is 1. The second-order valence-corrected chi connectivity index (χ2v) is 4.63. The quantitative estimate of drug-likeness (QED) is 0.736. The Kier molecular flexibility index (Phi) is 2.26. The van der Waals surface area contributed by atoms with Gasteiger partial charge in [0.15, 0.2) is 17.3 Å².